The summed E-state index contributed by atoms with van der Waals surface area (Å²) >= 11 is 0. The summed E-state index contributed by atoms with van der Waals surface area (Å²) in [5.74, 6) is 6.15. The Morgan fingerprint density at radius 1 is 0.955 bits per heavy atom. The predicted molar refractivity (Wildman–Crippen MR) is 168 cm³/mol. The fourth-order valence-corrected chi connectivity index (χ4v) is 7.70. The van der Waals surface area contributed by atoms with Gasteiger partial charge >= 0.3 is 13.3 Å². The maximum Gasteiger partial charge on any atom is 0.330 e. The average molecular weight is 607 g/mol. The molecule has 1 aromatic heterocycles. The normalized spacial score (nSPS) is 24.3. The first-order valence-corrected chi connectivity index (χ1v) is 16.4. The number of fused-ring (bicyclic) bond motifs is 4. The lowest BCUT2D eigenvalue weighted by Gasteiger charge is -2.30. The number of rotatable bonds is 4. The summed E-state index contributed by atoms with van der Waals surface area (Å²) in [4.78, 5) is 38.1. The zero-order valence-electron chi connectivity index (χ0n) is 23.9. The second kappa shape index (κ2) is 9.60. The van der Waals surface area contributed by atoms with Crippen LogP contribution in [0.25, 0.3) is 43.1 Å². The van der Waals surface area contributed by atoms with Crippen LogP contribution in [-0.2, 0) is 18.6 Å². The van der Waals surface area contributed by atoms with Crippen molar-refractivity contribution < 1.29 is 23.5 Å². The fourth-order valence-electron chi connectivity index (χ4n) is 6.97. The number of hydrogen-bond donors (Lipinski definition) is 2. The van der Waals surface area contributed by atoms with Gasteiger partial charge in [0.1, 0.15) is 23.4 Å². The van der Waals surface area contributed by atoms with E-state index in [0.29, 0.717) is 6.42 Å². The number of nitrogens with zero attached hydrogens (tertiary/aromatic N) is 1. The van der Waals surface area contributed by atoms with Gasteiger partial charge in [-0.3, -0.25) is 23.4 Å². The molecule has 2 aliphatic heterocycles. The van der Waals surface area contributed by atoms with Gasteiger partial charge in [-0.05, 0) is 55.6 Å². The zero-order valence-corrected chi connectivity index (χ0v) is 24.8. The minimum absolute atomic E-state index is 0.0675. The van der Waals surface area contributed by atoms with Gasteiger partial charge in [-0.1, -0.05) is 79.4 Å². The first-order chi connectivity index (χ1) is 21.2. The lowest BCUT2D eigenvalue weighted by atomic mass is 9.88. The van der Waals surface area contributed by atoms with Gasteiger partial charge < -0.3 is 14.4 Å². The minimum atomic E-state index is -3.88. The summed E-state index contributed by atoms with van der Waals surface area (Å²) in [6.07, 6.45) is -0.878. The van der Waals surface area contributed by atoms with Crippen LogP contribution in [-0.4, -0.2) is 45.5 Å². The molecule has 2 aliphatic rings. The number of H-pyrrole nitrogens is 1. The van der Waals surface area contributed by atoms with Crippen molar-refractivity contribution in [1.82, 2.24) is 9.55 Å². The third-order valence-corrected chi connectivity index (χ3v) is 9.60. The molecule has 44 heavy (non-hydrogen) atoms. The van der Waals surface area contributed by atoms with Crippen molar-refractivity contribution in [2.24, 2.45) is 0 Å². The number of ether oxygens (including phenoxy) is 2. The zero-order chi connectivity index (χ0) is 30.4. The van der Waals surface area contributed by atoms with Gasteiger partial charge in [0.25, 0.3) is 5.56 Å². The number of hydrogen-bond acceptors (Lipinski definition) is 6. The highest BCUT2D eigenvalue weighted by Gasteiger charge is 2.63. The molecule has 220 valence electrons. The van der Waals surface area contributed by atoms with E-state index in [4.69, 9.17) is 14.0 Å². The van der Waals surface area contributed by atoms with Crippen molar-refractivity contribution in [3.63, 3.8) is 0 Å². The summed E-state index contributed by atoms with van der Waals surface area (Å²) in [6, 6.07) is 22.9. The summed E-state index contributed by atoms with van der Waals surface area (Å²) in [5, 5.41) is 9.09. The molecule has 0 saturated carbocycles. The van der Waals surface area contributed by atoms with Crippen LogP contribution >= 0.6 is 7.60 Å². The van der Waals surface area contributed by atoms with Gasteiger partial charge in [-0.2, -0.15) is 0 Å². The molecule has 8 rings (SSSR count). The Morgan fingerprint density at radius 2 is 1.59 bits per heavy atom. The van der Waals surface area contributed by atoms with E-state index in [0.717, 1.165) is 33.8 Å². The molecule has 0 aliphatic carbocycles. The van der Waals surface area contributed by atoms with E-state index in [9.17, 15) is 19.0 Å². The Morgan fingerprint density at radius 3 is 2.30 bits per heavy atom. The van der Waals surface area contributed by atoms with E-state index in [-0.39, 0.29) is 12.2 Å². The van der Waals surface area contributed by atoms with Crippen molar-refractivity contribution in [2.75, 3.05) is 13.3 Å². The second-order valence-electron chi connectivity index (χ2n) is 11.6. The van der Waals surface area contributed by atoms with Crippen LogP contribution in [0, 0.1) is 11.8 Å². The lowest BCUT2D eigenvalue weighted by molar-refractivity contribution is -0.175. The molecule has 2 bridgehead atoms. The third kappa shape index (κ3) is 4.00. The van der Waals surface area contributed by atoms with Crippen molar-refractivity contribution in [1.29, 1.82) is 0 Å². The van der Waals surface area contributed by atoms with Crippen LogP contribution < -0.4 is 11.2 Å². The van der Waals surface area contributed by atoms with Crippen molar-refractivity contribution in [3.8, 4) is 11.8 Å². The quantitative estimate of drug-likeness (QED) is 0.122. The van der Waals surface area contributed by atoms with Gasteiger partial charge in [-0.25, -0.2) is 4.79 Å². The first kappa shape index (κ1) is 27.3. The van der Waals surface area contributed by atoms with Gasteiger partial charge in [-0.15, -0.1) is 0 Å². The molecular formula is C34H27N2O7P. The highest BCUT2D eigenvalue weighted by Crippen LogP contribution is 2.53. The standard InChI is InChI=1S/C34H27N2O7P/c1-3-34-18-41-29(30(34)43-44(2,39)40)32(42-34)36-17-21(31(37)35-33(36)38)14-13-19-15-16-26-24-11-5-8-20-7-4-10-23(27(20)24)25-12-6-9-22(19)28(25)26/h4-12,15-17,29-30,32H,3,18H2,1-2H3,(H,39,40)(H,35,37,38)/t29?,30-,32+,34+/m0/s1. The summed E-state index contributed by atoms with van der Waals surface area (Å²) in [7, 11) is -3.88. The molecule has 10 heteroatoms. The average Bonchev–Trinajstić information content (AvgIpc) is 3.49. The van der Waals surface area contributed by atoms with E-state index in [1.54, 1.807) is 0 Å². The molecule has 0 spiro atoms. The molecule has 2 fully saturated rings. The molecule has 2 saturated heterocycles. The maximum atomic E-state index is 13.0. The Kier molecular flexibility index (Phi) is 5.95. The molecular weight excluding hydrogens is 579 g/mol. The Labute approximate surface area is 250 Å². The van der Waals surface area contributed by atoms with Gasteiger partial charge in [0.15, 0.2) is 6.23 Å². The molecule has 2 N–H and O–H groups in total. The molecule has 0 amide bonds. The number of nitrogens with one attached hydrogen (secondary N) is 1. The maximum absolute atomic E-state index is 13.0. The predicted octanol–water partition coefficient (Wildman–Crippen LogP) is 5.26. The number of benzene rings is 5. The van der Waals surface area contributed by atoms with Crippen molar-refractivity contribution in [2.45, 2.75) is 37.4 Å². The Hall–Kier alpha value is -4.29. The molecule has 5 aromatic carbocycles. The van der Waals surface area contributed by atoms with Crippen LogP contribution in [0.15, 0.2) is 82.5 Å². The highest BCUT2D eigenvalue weighted by molar-refractivity contribution is 7.51. The Balaban J connectivity index is 1.24. The first-order valence-electron chi connectivity index (χ1n) is 14.4. The van der Waals surface area contributed by atoms with Crippen LogP contribution in [0.5, 0.6) is 0 Å². The number of aromatic nitrogens is 2. The van der Waals surface area contributed by atoms with E-state index in [1.807, 2.05) is 25.1 Å². The summed E-state index contributed by atoms with van der Waals surface area (Å²) in [5.41, 5.74) is -1.52. The highest BCUT2D eigenvalue weighted by atomic mass is 31.2. The Bertz CT molecular complexity index is 2330. The molecule has 2 unspecified atom stereocenters. The van der Waals surface area contributed by atoms with Crippen LogP contribution in [0.4, 0.5) is 0 Å². The number of aromatic amines is 1. The van der Waals surface area contributed by atoms with Crippen LogP contribution in [0.1, 0.15) is 30.7 Å². The van der Waals surface area contributed by atoms with Gasteiger partial charge in [0.2, 0.25) is 0 Å². The second-order valence-corrected chi connectivity index (χ2v) is 13.4. The molecule has 5 atom stereocenters. The largest absolute Gasteiger partial charge is 0.368 e. The summed E-state index contributed by atoms with van der Waals surface area (Å²) in [6.45, 7) is 3.11. The van der Waals surface area contributed by atoms with E-state index in [1.165, 1.54) is 32.3 Å². The van der Waals surface area contributed by atoms with E-state index < -0.39 is 42.9 Å². The smallest absolute Gasteiger partial charge is 0.330 e. The lowest BCUT2D eigenvalue weighted by Crippen LogP contribution is -2.42. The molecule has 9 nitrogen and oxygen atoms in total. The monoisotopic (exact) mass is 606 g/mol. The molecule has 3 heterocycles. The third-order valence-electron chi connectivity index (χ3n) is 8.98. The molecule has 6 aromatic rings. The van der Waals surface area contributed by atoms with Crippen LogP contribution in [0.3, 0.4) is 0 Å². The van der Waals surface area contributed by atoms with E-state index in [2.05, 4.69) is 65.4 Å². The van der Waals surface area contributed by atoms with Crippen molar-refractivity contribution >= 4 is 50.7 Å². The minimum Gasteiger partial charge on any atom is -0.368 e. The van der Waals surface area contributed by atoms with Crippen molar-refractivity contribution in [3.05, 3.63) is 105 Å². The fraction of sp³-hybridized carbons (Fsp3) is 0.235. The topological polar surface area (TPSA) is 120 Å². The van der Waals surface area contributed by atoms with E-state index >= 15 is 0 Å². The van der Waals surface area contributed by atoms with Crippen LogP contribution in [0.2, 0.25) is 0 Å². The SMILES string of the molecule is CC[C@]12COC([C@H](n3cc(C#Cc4ccc5c6cccc7cccc(c8cccc4c85)c76)c(=O)[nH]c3=O)O1)[C@@H]2OP(C)(=O)O. The van der Waals surface area contributed by atoms with Gasteiger partial charge in [0.05, 0.1) is 6.61 Å². The van der Waals surface area contributed by atoms with Gasteiger partial charge in [0, 0.05) is 18.4 Å². The summed E-state index contributed by atoms with van der Waals surface area (Å²) < 4.78 is 31.0. The molecule has 0 radical (unpaired) electrons.